The summed E-state index contributed by atoms with van der Waals surface area (Å²) in [5.74, 6) is 1.69. The van der Waals surface area contributed by atoms with Crippen LogP contribution in [-0.4, -0.2) is 74.6 Å². The van der Waals surface area contributed by atoms with Crippen molar-refractivity contribution in [2.75, 3.05) is 50.0 Å². The molecule has 3 fully saturated rings. The minimum absolute atomic E-state index is 0.184. The number of ether oxygens (including phenoxy) is 1. The molecule has 6 heterocycles. The van der Waals surface area contributed by atoms with Gasteiger partial charge in [-0.15, -0.1) is 0 Å². The topological polar surface area (TPSA) is 107 Å². The number of hydrogen-bond acceptors (Lipinski definition) is 7. The maximum atomic E-state index is 11.8. The Bertz CT molecular complexity index is 1490. The lowest BCUT2D eigenvalue weighted by molar-refractivity contribution is -0.128. The number of benzene rings is 1. The van der Waals surface area contributed by atoms with Gasteiger partial charge in [-0.05, 0) is 37.1 Å². The molecule has 2 unspecified atom stereocenters. The molecular formula is C28H32N8O2. The van der Waals surface area contributed by atoms with E-state index in [2.05, 4.69) is 55.1 Å². The zero-order valence-electron chi connectivity index (χ0n) is 21.5. The number of rotatable bonds is 4. The van der Waals surface area contributed by atoms with E-state index in [1.165, 1.54) is 12.0 Å². The molecule has 3 aliphatic heterocycles. The fourth-order valence-electron chi connectivity index (χ4n) is 6.54. The summed E-state index contributed by atoms with van der Waals surface area (Å²) in [6.45, 7) is 6.82. The molecule has 196 valence electrons. The van der Waals surface area contributed by atoms with Crippen LogP contribution in [0, 0.1) is 11.8 Å². The molecule has 4 aromatic rings. The molecule has 0 bridgehead atoms. The molecule has 1 amide bonds. The number of amides is 1. The largest absolute Gasteiger partial charge is 0.382 e. The van der Waals surface area contributed by atoms with E-state index in [4.69, 9.17) is 10.5 Å². The minimum atomic E-state index is 0.184. The van der Waals surface area contributed by atoms with E-state index >= 15 is 0 Å². The van der Waals surface area contributed by atoms with Gasteiger partial charge in [0.1, 0.15) is 11.8 Å². The van der Waals surface area contributed by atoms with E-state index < -0.39 is 0 Å². The van der Waals surface area contributed by atoms with Crippen molar-refractivity contribution >= 4 is 22.9 Å². The van der Waals surface area contributed by atoms with Crippen molar-refractivity contribution in [3.8, 4) is 22.5 Å². The van der Waals surface area contributed by atoms with E-state index in [1.54, 1.807) is 6.92 Å². The molecule has 2 N–H and O–H groups in total. The van der Waals surface area contributed by atoms with Crippen molar-refractivity contribution < 1.29 is 9.53 Å². The average molecular weight is 513 g/mol. The first-order valence-electron chi connectivity index (χ1n) is 13.4. The first-order chi connectivity index (χ1) is 18.6. The second kappa shape index (κ2) is 9.13. The highest BCUT2D eigenvalue weighted by Gasteiger charge is 2.41. The van der Waals surface area contributed by atoms with E-state index in [1.807, 2.05) is 21.7 Å². The van der Waals surface area contributed by atoms with Gasteiger partial charge in [-0.3, -0.25) is 9.48 Å². The van der Waals surface area contributed by atoms with E-state index in [0.29, 0.717) is 17.7 Å². The number of nitrogen functional groups attached to an aromatic ring is 1. The SMILES string of the molecule is CC(=O)N1CC2CN(c3cccc(-c4cc(-c5ccnn5C5CCOCC5)c5c(N)ncnn45)c3)CC2C1. The van der Waals surface area contributed by atoms with Crippen LogP contribution >= 0.6 is 0 Å². The van der Waals surface area contributed by atoms with Gasteiger partial charge in [0.2, 0.25) is 5.91 Å². The zero-order valence-corrected chi connectivity index (χ0v) is 21.5. The summed E-state index contributed by atoms with van der Waals surface area (Å²) in [5, 5.41) is 9.30. The van der Waals surface area contributed by atoms with E-state index in [9.17, 15) is 4.79 Å². The van der Waals surface area contributed by atoms with E-state index in [0.717, 1.165) is 80.3 Å². The van der Waals surface area contributed by atoms with Crippen LogP contribution in [0.1, 0.15) is 25.8 Å². The third kappa shape index (κ3) is 3.82. The number of carbonyl (C=O) groups is 1. The maximum absolute atomic E-state index is 11.8. The Morgan fingerprint density at radius 1 is 1.00 bits per heavy atom. The number of likely N-dealkylation sites (tertiary alicyclic amines) is 1. The van der Waals surface area contributed by atoms with Gasteiger partial charge in [-0.2, -0.15) is 10.2 Å². The first-order valence-corrected chi connectivity index (χ1v) is 13.4. The molecule has 3 aromatic heterocycles. The van der Waals surface area contributed by atoms with Crippen molar-refractivity contribution in [2.45, 2.75) is 25.8 Å². The molecule has 3 aliphatic rings. The predicted octanol–water partition coefficient (Wildman–Crippen LogP) is 3.11. The maximum Gasteiger partial charge on any atom is 0.219 e. The van der Waals surface area contributed by atoms with Crippen LogP contribution < -0.4 is 10.6 Å². The highest BCUT2D eigenvalue weighted by Crippen LogP contribution is 2.39. The van der Waals surface area contributed by atoms with E-state index in [-0.39, 0.29) is 11.9 Å². The number of hydrogen-bond donors (Lipinski definition) is 1. The Morgan fingerprint density at radius 2 is 1.79 bits per heavy atom. The third-order valence-electron chi connectivity index (χ3n) is 8.50. The van der Waals surface area contributed by atoms with Crippen LogP contribution in [0.2, 0.25) is 0 Å². The van der Waals surface area contributed by atoms with Gasteiger partial charge in [0.25, 0.3) is 0 Å². The van der Waals surface area contributed by atoms with Crippen molar-refractivity contribution in [1.29, 1.82) is 0 Å². The Balaban J connectivity index is 1.25. The molecule has 7 rings (SSSR count). The fourth-order valence-corrected chi connectivity index (χ4v) is 6.54. The van der Waals surface area contributed by atoms with Crippen molar-refractivity contribution in [3.63, 3.8) is 0 Å². The van der Waals surface area contributed by atoms with Gasteiger partial charge < -0.3 is 20.3 Å². The van der Waals surface area contributed by atoms with Crippen LogP contribution in [0.4, 0.5) is 11.5 Å². The molecule has 38 heavy (non-hydrogen) atoms. The number of aromatic nitrogens is 5. The number of carbonyl (C=O) groups excluding carboxylic acids is 1. The smallest absolute Gasteiger partial charge is 0.219 e. The third-order valence-corrected chi connectivity index (χ3v) is 8.50. The number of nitrogens with two attached hydrogens (primary N) is 1. The standard InChI is InChI=1S/C28H32N8O2/c1-18(37)33-13-20-15-34(16-21(20)14-33)23-4-2-3-19(11-23)26-12-24(27-28(29)30-17-32-36(26)27)25-5-8-31-35(25)22-6-9-38-10-7-22/h2-5,8,11-12,17,20-22H,6-7,9-10,13-16H2,1H3,(H2,29,30,32). The first kappa shape index (κ1) is 23.2. The van der Waals surface area contributed by atoms with Crippen LogP contribution in [0.15, 0.2) is 48.9 Å². The van der Waals surface area contributed by atoms with Crippen LogP contribution in [0.5, 0.6) is 0 Å². The zero-order chi connectivity index (χ0) is 25.8. The highest BCUT2D eigenvalue weighted by molar-refractivity contribution is 5.91. The lowest BCUT2D eigenvalue weighted by Gasteiger charge is -2.24. The lowest BCUT2D eigenvalue weighted by atomic mass is 10.0. The normalized spacial score (nSPS) is 21.9. The lowest BCUT2D eigenvalue weighted by Crippen LogP contribution is -2.31. The Kier molecular flexibility index (Phi) is 5.57. The summed E-state index contributed by atoms with van der Waals surface area (Å²) >= 11 is 0. The minimum Gasteiger partial charge on any atom is -0.382 e. The summed E-state index contributed by atoms with van der Waals surface area (Å²) < 4.78 is 9.59. The number of nitrogens with zero attached hydrogens (tertiary/aromatic N) is 7. The van der Waals surface area contributed by atoms with Gasteiger partial charge in [0, 0.05) is 81.2 Å². The van der Waals surface area contributed by atoms with Crippen molar-refractivity contribution in [2.24, 2.45) is 11.8 Å². The average Bonchev–Trinajstić information content (AvgIpc) is 3.71. The van der Waals surface area contributed by atoms with Gasteiger partial charge in [0.15, 0.2) is 5.82 Å². The second-order valence-electron chi connectivity index (χ2n) is 10.8. The predicted molar refractivity (Wildman–Crippen MR) is 145 cm³/mol. The van der Waals surface area contributed by atoms with Gasteiger partial charge in [0.05, 0.1) is 17.4 Å². The Hall–Kier alpha value is -3.92. The molecule has 10 nitrogen and oxygen atoms in total. The summed E-state index contributed by atoms with van der Waals surface area (Å²) in [6.07, 6.45) is 5.23. The molecule has 0 radical (unpaired) electrons. The molecular weight excluding hydrogens is 480 g/mol. The molecule has 0 saturated carbocycles. The van der Waals surface area contributed by atoms with Crippen LogP contribution in [0.3, 0.4) is 0 Å². The molecule has 1 aromatic carbocycles. The summed E-state index contributed by atoms with van der Waals surface area (Å²) in [4.78, 5) is 20.6. The van der Waals surface area contributed by atoms with Crippen LogP contribution in [-0.2, 0) is 9.53 Å². The fraction of sp³-hybridized carbons (Fsp3) is 0.429. The monoisotopic (exact) mass is 512 g/mol. The molecule has 0 aliphatic carbocycles. The van der Waals surface area contributed by atoms with Gasteiger partial charge >= 0.3 is 0 Å². The molecule has 0 spiro atoms. The number of anilines is 2. The summed E-state index contributed by atoms with van der Waals surface area (Å²) in [5.41, 5.74) is 12.5. The van der Waals surface area contributed by atoms with Crippen LogP contribution in [0.25, 0.3) is 28.0 Å². The quantitative estimate of drug-likeness (QED) is 0.448. The van der Waals surface area contributed by atoms with Gasteiger partial charge in [-0.1, -0.05) is 12.1 Å². The Labute approximate surface area is 221 Å². The molecule has 3 saturated heterocycles. The molecule has 2 atom stereocenters. The highest BCUT2D eigenvalue weighted by atomic mass is 16.5. The van der Waals surface area contributed by atoms with Crippen molar-refractivity contribution in [1.82, 2.24) is 29.3 Å². The summed E-state index contributed by atoms with van der Waals surface area (Å²) in [6, 6.07) is 13.1. The summed E-state index contributed by atoms with van der Waals surface area (Å²) in [7, 11) is 0. The van der Waals surface area contributed by atoms with Gasteiger partial charge in [-0.25, -0.2) is 9.50 Å². The second-order valence-corrected chi connectivity index (χ2v) is 10.8. The Morgan fingerprint density at radius 3 is 2.55 bits per heavy atom. The molecule has 10 heteroatoms. The number of fused-ring (bicyclic) bond motifs is 2. The van der Waals surface area contributed by atoms with Crippen molar-refractivity contribution in [3.05, 3.63) is 48.9 Å².